The molecule has 0 aliphatic rings. The van der Waals surface area contributed by atoms with Crippen LogP contribution < -0.4 is 9.47 Å². The Labute approximate surface area is 78.6 Å². The first-order valence-corrected chi connectivity index (χ1v) is 4.15. The maximum Gasteiger partial charge on any atom is 0.211 e. The molecule has 0 aromatic carbocycles. The normalized spacial score (nSPS) is 11.5. The summed E-state index contributed by atoms with van der Waals surface area (Å²) < 4.78 is 1.81. The van der Waals surface area contributed by atoms with Crippen LogP contribution in [0.3, 0.4) is 0 Å². The fourth-order valence-corrected chi connectivity index (χ4v) is 1.03. The van der Waals surface area contributed by atoms with E-state index in [4.69, 9.17) is 5.11 Å². The molecule has 0 atom stereocenters. The van der Waals surface area contributed by atoms with E-state index in [2.05, 4.69) is 0 Å². The van der Waals surface area contributed by atoms with Gasteiger partial charge in [-0.05, 0) is 6.92 Å². The van der Waals surface area contributed by atoms with Gasteiger partial charge in [0.25, 0.3) is 0 Å². The lowest BCUT2D eigenvalue weighted by molar-refractivity contribution is -0.569. The van der Waals surface area contributed by atoms with Crippen LogP contribution in [-0.2, 0) is 0 Å². The number of aliphatic hydroxyl groups excluding tert-OH is 1. The SMILES string of the molecule is C/C(O)=C/[n+]1ccc(N(C)C)cc1. The van der Waals surface area contributed by atoms with Gasteiger partial charge in [0.1, 0.15) is 0 Å². The van der Waals surface area contributed by atoms with E-state index in [0.29, 0.717) is 5.76 Å². The Hall–Kier alpha value is -1.51. The minimum atomic E-state index is 0.294. The van der Waals surface area contributed by atoms with Crippen molar-refractivity contribution >= 4 is 11.9 Å². The smallest absolute Gasteiger partial charge is 0.211 e. The van der Waals surface area contributed by atoms with E-state index in [9.17, 15) is 0 Å². The van der Waals surface area contributed by atoms with Gasteiger partial charge >= 0.3 is 0 Å². The summed E-state index contributed by atoms with van der Waals surface area (Å²) in [6, 6.07) is 3.97. The van der Waals surface area contributed by atoms with Crippen molar-refractivity contribution in [3.8, 4) is 0 Å². The van der Waals surface area contributed by atoms with Crippen molar-refractivity contribution in [3.05, 3.63) is 30.3 Å². The lowest BCUT2D eigenvalue weighted by Gasteiger charge is -2.09. The highest BCUT2D eigenvalue weighted by molar-refractivity contribution is 5.41. The molecule has 1 aromatic rings. The van der Waals surface area contributed by atoms with Crippen LogP contribution in [0.2, 0.25) is 0 Å². The molecule has 0 saturated carbocycles. The zero-order valence-electron chi connectivity index (χ0n) is 8.23. The average Bonchev–Trinajstić information content (AvgIpc) is 2.04. The van der Waals surface area contributed by atoms with Gasteiger partial charge in [-0.25, -0.2) is 0 Å². The van der Waals surface area contributed by atoms with Gasteiger partial charge in [-0.15, -0.1) is 0 Å². The molecule has 0 bridgehead atoms. The van der Waals surface area contributed by atoms with Crippen LogP contribution in [0.15, 0.2) is 30.3 Å². The molecule has 13 heavy (non-hydrogen) atoms. The Kier molecular flexibility index (Phi) is 2.90. The summed E-state index contributed by atoms with van der Waals surface area (Å²) in [5.41, 5.74) is 1.14. The highest BCUT2D eigenvalue weighted by Gasteiger charge is 1.99. The lowest BCUT2D eigenvalue weighted by Crippen LogP contribution is -2.25. The van der Waals surface area contributed by atoms with Crippen molar-refractivity contribution in [1.29, 1.82) is 0 Å². The standard InChI is InChI=1S/C10H14N2O/c1-9(13)8-12-6-4-10(5-7-12)11(2)3/h4-8H,1-3H3/p+1/b9-8-. The number of aromatic nitrogens is 1. The summed E-state index contributed by atoms with van der Waals surface area (Å²) in [5, 5.41) is 9.01. The van der Waals surface area contributed by atoms with Crippen LogP contribution in [0.4, 0.5) is 5.69 Å². The average molecular weight is 179 g/mol. The van der Waals surface area contributed by atoms with Crippen LogP contribution in [0, 0.1) is 0 Å². The van der Waals surface area contributed by atoms with Crippen molar-refractivity contribution in [2.45, 2.75) is 6.92 Å². The summed E-state index contributed by atoms with van der Waals surface area (Å²) in [7, 11) is 3.99. The van der Waals surface area contributed by atoms with E-state index in [-0.39, 0.29) is 0 Å². The molecular weight excluding hydrogens is 164 g/mol. The molecule has 3 nitrogen and oxygen atoms in total. The van der Waals surface area contributed by atoms with Gasteiger partial charge in [0, 0.05) is 31.9 Å². The number of hydrogen-bond donors (Lipinski definition) is 1. The molecule has 1 rings (SSSR count). The summed E-state index contributed by atoms with van der Waals surface area (Å²) in [6.07, 6.45) is 5.45. The molecule has 0 unspecified atom stereocenters. The van der Waals surface area contributed by atoms with E-state index in [1.165, 1.54) is 0 Å². The fraction of sp³-hybridized carbons (Fsp3) is 0.300. The van der Waals surface area contributed by atoms with Gasteiger partial charge in [0.05, 0.1) is 0 Å². The zero-order chi connectivity index (χ0) is 9.84. The Morgan fingerprint density at radius 2 is 1.92 bits per heavy atom. The van der Waals surface area contributed by atoms with Crippen molar-refractivity contribution < 1.29 is 9.67 Å². The Bertz CT molecular complexity index is 297. The minimum absolute atomic E-state index is 0.294. The predicted octanol–water partition coefficient (Wildman–Crippen LogP) is 1.42. The third kappa shape index (κ3) is 2.78. The van der Waals surface area contributed by atoms with E-state index in [0.717, 1.165) is 5.69 Å². The van der Waals surface area contributed by atoms with Crippen LogP contribution in [0.25, 0.3) is 6.20 Å². The second kappa shape index (κ2) is 3.94. The fourth-order valence-electron chi connectivity index (χ4n) is 1.03. The number of hydrogen-bond acceptors (Lipinski definition) is 2. The molecule has 1 N–H and O–H groups in total. The van der Waals surface area contributed by atoms with Gasteiger partial charge in [-0.2, -0.15) is 4.57 Å². The molecular formula is C10H15N2O+. The van der Waals surface area contributed by atoms with Crippen LogP contribution in [-0.4, -0.2) is 19.2 Å². The van der Waals surface area contributed by atoms with Gasteiger partial charge in [-0.1, -0.05) is 0 Å². The Balaban J connectivity index is 2.88. The molecule has 0 aliphatic carbocycles. The molecule has 1 aromatic heterocycles. The number of nitrogens with zero attached hydrogens (tertiary/aromatic N) is 2. The highest BCUT2D eigenvalue weighted by Crippen LogP contribution is 2.05. The molecule has 3 heteroatoms. The zero-order valence-corrected chi connectivity index (χ0v) is 8.23. The molecule has 0 saturated heterocycles. The van der Waals surface area contributed by atoms with Crippen molar-refractivity contribution in [3.63, 3.8) is 0 Å². The molecule has 70 valence electrons. The maximum atomic E-state index is 9.01. The maximum absolute atomic E-state index is 9.01. The molecule has 0 spiro atoms. The second-order valence-electron chi connectivity index (χ2n) is 3.17. The summed E-state index contributed by atoms with van der Waals surface area (Å²) in [6.45, 7) is 1.65. The number of aliphatic hydroxyl groups is 1. The molecule has 0 aliphatic heterocycles. The minimum Gasteiger partial charge on any atom is -0.507 e. The largest absolute Gasteiger partial charge is 0.507 e. The van der Waals surface area contributed by atoms with Crippen molar-refractivity contribution in [1.82, 2.24) is 0 Å². The molecule has 1 heterocycles. The summed E-state index contributed by atoms with van der Waals surface area (Å²) in [5.74, 6) is 0.294. The Morgan fingerprint density at radius 1 is 1.38 bits per heavy atom. The van der Waals surface area contributed by atoms with E-state index in [1.54, 1.807) is 13.1 Å². The number of pyridine rings is 1. The van der Waals surface area contributed by atoms with Gasteiger partial charge in [0.15, 0.2) is 18.2 Å². The number of anilines is 1. The van der Waals surface area contributed by atoms with Gasteiger partial charge in [-0.3, -0.25) is 0 Å². The van der Waals surface area contributed by atoms with E-state index >= 15 is 0 Å². The van der Waals surface area contributed by atoms with Gasteiger partial charge in [0.2, 0.25) is 6.20 Å². The second-order valence-corrected chi connectivity index (χ2v) is 3.17. The Morgan fingerprint density at radius 3 is 2.31 bits per heavy atom. The van der Waals surface area contributed by atoms with Crippen molar-refractivity contribution in [2.24, 2.45) is 0 Å². The van der Waals surface area contributed by atoms with Crippen LogP contribution in [0.1, 0.15) is 6.92 Å². The number of rotatable bonds is 2. The first kappa shape index (κ1) is 9.58. The first-order valence-electron chi connectivity index (χ1n) is 4.15. The topological polar surface area (TPSA) is 27.4 Å². The summed E-state index contributed by atoms with van der Waals surface area (Å²) >= 11 is 0. The first-order chi connectivity index (χ1) is 6.09. The van der Waals surface area contributed by atoms with Crippen molar-refractivity contribution in [2.75, 3.05) is 19.0 Å². The predicted molar refractivity (Wildman–Crippen MR) is 53.5 cm³/mol. The van der Waals surface area contributed by atoms with E-state index < -0.39 is 0 Å². The lowest BCUT2D eigenvalue weighted by atomic mass is 10.4. The highest BCUT2D eigenvalue weighted by atomic mass is 16.3. The van der Waals surface area contributed by atoms with Crippen LogP contribution >= 0.6 is 0 Å². The van der Waals surface area contributed by atoms with E-state index in [1.807, 2.05) is 48.1 Å². The molecule has 0 radical (unpaired) electrons. The van der Waals surface area contributed by atoms with Gasteiger partial charge < -0.3 is 10.0 Å². The quantitative estimate of drug-likeness (QED) is 0.549. The molecule has 0 amide bonds. The third-order valence-corrected chi connectivity index (χ3v) is 1.69. The number of allylic oxidation sites excluding steroid dienone is 1. The molecule has 0 fully saturated rings. The monoisotopic (exact) mass is 179 g/mol. The third-order valence-electron chi connectivity index (χ3n) is 1.69. The summed E-state index contributed by atoms with van der Waals surface area (Å²) in [4.78, 5) is 2.03. The van der Waals surface area contributed by atoms with Crippen LogP contribution in [0.5, 0.6) is 0 Å².